The molecule has 1 saturated heterocycles. The summed E-state index contributed by atoms with van der Waals surface area (Å²) in [5.74, 6) is 0.868. The molecule has 19 heavy (non-hydrogen) atoms. The lowest BCUT2D eigenvalue weighted by molar-refractivity contribution is 0.0857. The average Bonchev–Trinajstić information content (AvgIpc) is 2.92. The van der Waals surface area contributed by atoms with Gasteiger partial charge in [0.2, 0.25) is 0 Å². The van der Waals surface area contributed by atoms with Crippen molar-refractivity contribution in [3.05, 3.63) is 28.8 Å². The molecular formula is C16H22O3. The molecule has 1 fully saturated rings. The third-order valence-electron chi connectivity index (χ3n) is 3.90. The van der Waals surface area contributed by atoms with E-state index >= 15 is 0 Å². The molecule has 0 amide bonds. The fourth-order valence-corrected chi connectivity index (χ4v) is 2.57. The number of rotatable bonds is 5. The molecule has 1 heterocycles. The van der Waals surface area contributed by atoms with Crippen molar-refractivity contribution in [2.24, 2.45) is 0 Å². The van der Waals surface area contributed by atoms with E-state index in [9.17, 15) is 4.79 Å². The Morgan fingerprint density at radius 3 is 2.84 bits per heavy atom. The maximum Gasteiger partial charge on any atom is 0.166 e. The van der Waals surface area contributed by atoms with Gasteiger partial charge >= 0.3 is 0 Å². The smallest absolute Gasteiger partial charge is 0.166 e. The minimum absolute atomic E-state index is 0.149. The van der Waals surface area contributed by atoms with Gasteiger partial charge in [0, 0.05) is 13.0 Å². The third kappa shape index (κ3) is 3.16. The lowest BCUT2D eigenvalue weighted by Crippen LogP contribution is -2.10. The van der Waals surface area contributed by atoms with Crippen molar-refractivity contribution < 1.29 is 14.3 Å². The molecular weight excluding hydrogens is 240 g/mol. The summed E-state index contributed by atoms with van der Waals surface area (Å²) in [7, 11) is 1.62. The normalized spacial score (nSPS) is 18.6. The Balaban J connectivity index is 2.07. The maximum absolute atomic E-state index is 12.3. The number of Topliss-reactive ketones (excluding diaryl/α,β-unsaturated/α-hetero) is 1. The van der Waals surface area contributed by atoms with Crippen molar-refractivity contribution in [1.29, 1.82) is 0 Å². The fourth-order valence-electron chi connectivity index (χ4n) is 2.57. The fraction of sp³-hybridized carbons (Fsp3) is 0.562. The van der Waals surface area contributed by atoms with Gasteiger partial charge in [0.1, 0.15) is 5.75 Å². The molecule has 1 unspecified atom stereocenters. The predicted molar refractivity (Wildman–Crippen MR) is 75.0 cm³/mol. The molecule has 0 N–H and O–H groups in total. The van der Waals surface area contributed by atoms with E-state index < -0.39 is 0 Å². The second-order valence-electron chi connectivity index (χ2n) is 5.19. The largest absolute Gasteiger partial charge is 0.496 e. The molecule has 2 rings (SSSR count). The Hall–Kier alpha value is -1.35. The number of methoxy groups -OCH3 is 1. The third-order valence-corrected chi connectivity index (χ3v) is 3.90. The first-order valence-corrected chi connectivity index (χ1v) is 6.92. The average molecular weight is 262 g/mol. The van der Waals surface area contributed by atoms with Crippen LogP contribution in [0.15, 0.2) is 12.1 Å². The molecule has 1 atom stereocenters. The van der Waals surface area contributed by atoms with Crippen LogP contribution in [0.1, 0.15) is 47.2 Å². The number of hydrogen-bond acceptors (Lipinski definition) is 3. The van der Waals surface area contributed by atoms with Gasteiger partial charge in [0.05, 0.1) is 18.8 Å². The van der Waals surface area contributed by atoms with Gasteiger partial charge in [-0.05, 0) is 50.3 Å². The summed E-state index contributed by atoms with van der Waals surface area (Å²) in [6, 6.07) is 3.86. The van der Waals surface area contributed by atoms with Crippen molar-refractivity contribution in [3.63, 3.8) is 0 Å². The molecule has 0 radical (unpaired) electrons. The Kier molecular flexibility index (Phi) is 4.59. The first-order chi connectivity index (χ1) is 9.13. The SMILES string of the molecule is COc1c(C(=O)CCC2CCCO2)ccc(C)c1C. The summed E-state index contributed by atoms with van der Waals surface area (Å²) in [5, 5.41) is 0. The Morgan fingerprint density at radius 2 is 2.21 bits per heavy atom. The lowest BCUT2D eigenvalue weighted by atomic mass is 9.98. The summed E-state index contributed by atoms with van der Waals surface area (Å²) in [6.07, 6.45) is 3.81. The monoisotopic (exact) mass is 262 g/mol. The summed E-state index contributed by atoms with van der Waals surface area (Å²) in [5.41, 5.74) is 2.89. The van der Waals surface area contributed by atoms with Gasteiger partial charge in [0.25, 0.3) is 0 Å². The molecule has 3 heteroatoms. The van der Waals surface area contributed by atoms with Crippen LogP contribution >= 0.6 is 0 Å². The van der Waals surface area contributed by atoms with Crippen LogP contribution in [-0.4, -0.2) is 25.6 Å². The quantitative estimate of drug-likeness (QED) is 0.762. The molecule has 0 saturated carbocycles. The van der Waals surface area contributed by atoms with Gasteiger partial charge in [-0.15, -0.1) is 0 Å². The van der Waals surface area contributed by atoms with Crippen LogP contribution < -0.4 is 4.74 Å². The van der Waals surface area contributed by atoms with E-state index in [1.54, 1.807) is 7.11 Å². The minimum atomic E-state index is 0.149. The number of benzene rings is 1. The highest BCUT2D eigenvalue weighted by Gasteiger charge is 2.20. The van der Waals surface area contributed by atoms with Gasteiger partial charge in [-0.1, -0.05) is 6.07 Å². The van der Waals surface area contributed by atoms with Gasteiger partial charge in [-0.25, -0.2) is 0 Å². The van der Waals surface area contributed by atoms with Gasteiger partial charge < -0.3 is 9.47 Å². The zero-order valence-electron chi connectivity index (χ0n) is 12.0. The van der Waals surface area contributed by atoms with E-state index in [4.69, 9.17) is 9.47 Å². The van der Waals surface area contributed by atoms with Crippen LogP contribution in [0, 0.1) is 13.8 Å². The van der Waals surface area contributed by atoms with E-state index in [0.717, 1.165) is 42.7 Å². The van der Waals surface area contributed by atoms with E-state index in [1.807, 2.05) is 26.0 Å². The van der Waals surface area contributed by atoms with Crippen molar-refractivity contribution in [2.75, 3.05) is 13.7 Å². The van der Waals surface area contributed by atoms with Gasteiger partial charge in [0.15, 0.2) is 5.78 Å². The molecule has 1 aliphatic rings. The highest BCUT2D eigenvalue weighted by atomic mass is 16.5. The van der Waals surface area contributed by atoms with Crippen molar-refractivity contribution in [3.8, 4) is 5.75 Å². The molecule has 104 valence electrons. The highest BCUT2D eigenvalue weighted by molar-refractivity contribution is 5.99. The van der Waals surface area contributed by atoms with E-state index in [-0.39, 0.29) is 11.9 Å². The molecule has 1 aliphatic heterocycles. The molecule has 0 spiro atoms. The number of aryl methyl sites for hydroxylation is 1. The van der Waals surface area contributed by atoms with Crippen LogP contribution in [0.2, 0.25) is 0 Å². The zero-order valence-corrected chi connectivity index (χ0v) is 12.0. The van der Waals surface area contributed by atoms with Crippen LogP contribution in [0.5, 0.6) is 5.75 Å². The predicted octanol–water partition coefficient (Wildman–Crippen LogP) is 3.45. The first-order valence-electron chi connectivity index (χ1n) is 6.92. The molecule has 1 aromatic rings. The standard InChI is InChI=1S/C16H22O3/c1-11-6-8-14(16(18-3)12(11)2)15(17)9-7-13-5-4-10-19-13/h6,8,13H,4-5,7,9-10H2,1-3H3. The first kappa shape index (κ1) is 14.1. The van der Waals surface area contributed by atoms with E-state index in [1.165, 1.54) is 0 Å². The van der Waals surface area contributed by atoms with Crippen LogP contribution in [0.25, 0.3) is 0 Å². The van der Waals surface area contributed by atoms with Crippen LogP contribution in [-0.2, 0) is 4.74 Å². The summed E-state index contributed by atoms with van der Waals surface area (Å²) in [6.45, 7) is 4.86. The number of carbonyl (C=O) groups excluding carboxylic acids is 1. The number of ether oxygens (including phenoxy) is 2. The van der Waals surface area contributed by atoms with Crippen molar-refractivity contribution in [1.82, 2.24) is 0 Å². The van der Waals surface area contributed by atoms with E-state index in [0.29, 0.717) is 12.0 Å². The summed E-state index contributed by atoms with van der Waals surface area (Å²) < 4.78 is 11.0. The second kappa shape index (κ2) is 6.20. The summed E-state index contributed by atoms with van der Waals surface area (Å²) in [4.78, 5) is 12.3. The zero-order chi connectivity index (χ0) is 13.8. The Labute approximate surface area is 114 Å². The highest BCUT2D eigenvalue weighted by Crippen LogP contribution is 2.28. The summed E-state index contributed by atoms with van der Waals surface area (Å²) >= 11 is 0. The number of ketones is 1. The van der Waals surface area contributed by atoms with Crippen LogP contribution in [0.4, 0.5) is 0 Å². The maximum atomic E-state index is 12.3. The Bertz CT molecular complexity index is 459. The molecule has 0 aromatic heterocycles. The number of hydrogen-bond donors (Lipinski definition) is 0. The van der Waals surface area contributed by atoms with Crippen molar-refractivity contribution >= 4 is 5.78 Å². The lowest BCUT2D eigenvalue weighted by Gasteiger charge is -2.13. The van der Waals surface area contributed by atoms with Gasteiger partial charge in [-0.3, -0.25) is 4.79 Å². The van der Waals surface area contributed by atoms with Crippen LogP contribution in [0.3, 0.4) is 0 Å². The topological polar surface area (TPSA) is 35.5 Å². The number of carbonyl (C=O) groups is 1. The molecule has 0 bridgehead atoms. The minimum Gasteiger partial charge on any atom is -0.496 e. The Morgan fingerprint density at radius 1 is 1.42 bits per heavy atom. The van der Waals surface area contributed by atoms with E-state index in [2.05, 4.69) is 0 Å². The molecule has 0 aliphatic carbocycles. The van der Waals surface area contributed by atoms with Crippen molar-refractivity contribution in [2.45, 2.75) is 45.6 Å². The second-order valence-corrected chi connectivity index (χ2v) is 5.19. The molecule has 3 nitrogen and oxygen atoms in total. The van der Waals surface area contributed by atoms with Gasteiger partial charge in [-0.2, -0.15) is 0 Å². The molecule has 1 aromatic carbocycles.